The van der Waals surface area contributed by atoms with E-state index in [1.807, 2.05) is 26.1 Å². The van der Waals surface area contributed by atoms with Gasteiger partial charge in [-0.2, -0.15) is 5.10 Å². The van der Waals surface area contributed by atoms with Gasteiger partial charge in [-0.15, -0.1) is 11.8 Å². The smallest absolute Gasteiger partial charge is 0.128 e. The molecule has 2 rings (SSSR count). The van der Waals surface area contributed by atoms with E-state index in [2.05, 4.69) is 16.9 Å². The zero-order valence-corrected chi connectivity index (χ0v) is 12.3. The molecule has 0 fully saturated rings. The van der Waals surface area contributed by atoms with Crippen molar-refractivity contribution in [3.05, 3.63) is 46.9 Å². The minimum absolute atomic E-state index is 0.236. The maximum atomic E-state index is 14.0. The van der Waals surface area contributed by atoms with E-state index in [9.17, 15) is 4.39 Å². The average molecular weight is 289 g/mol. The predicted octanol–water partition coefficient (Wildman–Crippen LogP) is 2.47. The van der Waals surface area contributed by atoms with Crippen LogP contribution in [0.1, 0.15) is 16.8 Å². The van der Waals surface area contributed by atoms with Crippen molar-refractivity contribution in [1.82, 2.24) is 9.78 Å². The highest BCUT2D eigenvalue weighted by molar-refractivity contribution is 7.98. The Morgan fingerprint density at radius 1 is 1.40 bits per heavy atom. The van der Waals surface area contributed by atoms with Gasteiger partial charge in [0.05, 0.1) is 17.3 Å². The van der Waals surface area contributed by atoms with Crippen molar-refractivity contribution in [1.29, 1.82) is 0 Å². The molecule has 1 heterocycles. The van der Waals surface area contributed by atoms with E-state index in [-0.39, 0.29) is 12.4 Å². The molecule has 0 saturated heterocycles. The van der Waals surface area contributed by atoms with Gasteiger partial charge in [0.1, 0.15) is 5.82 Å². The lowest BCUT2D eigenvalue weighted by molar-refractivity contribution is 0.616. The molecular weight excluding hydrogens is 273 g/mol. The van der Waals surface area contributed by atoms with Gasteiger partial charge in [-0.1, -0.05) is 17.9 Å². The molecule has 3 nitrogen and oxygen atoms in total. The van der Waals surface area contributed by atoms with Crippen LogP contribution >= 0.6 is 11.8 Å². The number of aromatic nitrogens is 2. The molecule has 1 aromatic heterocycles. The van der Waals surface area contributed by atoms with Crippen LogP contribution in [-0.4, -0.2) is 16.3 Å². The van der Waals surface area contributed by atoms with Gasteiger partial charge in [-0.25, -0.2) is 4.39 Å². The molecule has 0 saturated carbocycles. The first-order chi connectivity index (χ1) is 9.60. The molecule has 104 valence electrons. The highest BCUT2D eigenvalue weighted by atomic mass is 32.2. The molecule has 1 aromatic carbocycles. The largest absolute Gasteiger partial charge is 0.320 e. The van der Waals surface area contributed by atoms with Crippen molar-refractivity contribution in [2.45, 2.75) is 17.7 Å². The Bertz CT molecular complexity index is 667. The van der Waals surface area contributed by atoms with Crippen LogP contribution in [0.5, 0.6) is 0 Å². The topological polar surface area (TPSA) is 43.8 Å². The summed E-state index contributed by atoms with van der Waals surface area (Å²) < 4.78 is 15.8. The Hall–Kier alpha value is -1.77. The van der Waals surface area contributed by atoms with Crippen LogP contribution in [0.2, 0.25) is 0 Å². The molecule has 0 spiro atoms. The lowest BCUT2D eigenvalue weighted by atomic mass is 10.1. The minimum atomic E-state index is -0.236. The number of hydrogen-bond donors (Lipinski definition) is 1. The second-order valence-electron chi connectivity index (χ2n) is 4.35. The fourth-order valence-electron chi connectivity index (χ4n) is 1.77. The number of halogens is 1. The molecule has 5 heteroatoms. The normalized spacial score (nSPS) is 10.2. The molecule has 20 heavy (non-hydrogen) atoms. The second kappa shape index (κ2) is 6.60. The van der Waals surface area contributed by atoms with Crippen molar-refractivity contribution >= 4 is 11.8 Å². The molecule has 2 aromatic rings. The van der Waals surface area contributed by atoms with Gasteiger partial charge >= 0.3 is 0 Å². The van der Waals surface area contributed by atoms with Crippen molar-refractivity contribution in [2.75, 3.05) is 6.54 Å². The number of thioether (sulfide) groups is 1. The first kappa shape index (κ1) is 14.6. The van der Waals surface area contributed by atoms with Crippen LogP contribution < -0.4 is 5.73 Å². The van der Waals surface area contributed by atoms with Crippen molar-refractivity contribution in [3.63, 3.8) is 0 Å². The summed E-state index contributed by atoms with van der Waals surface area (Å²) >= 11 is 1.56. The number of hydrogen-bond acceptors (Lipinski definition) is 3. The Balaban J connectivity index is 2.08. The molecule has 0 aliphatic rings. The third-order valence-corrected chi connectivity index (χ3v) is 3.86. The first-order valence-electron chi connectivity index (χ1n) is 6.21. The van der Waals surface area contributed by atoms with Crippen LogP contribution in [0.15, 0.2) is 29.3 Å². The number of aryl methyl sites for hydroxylation is 2. The van der Waals surface area contributed by atoms with Crippen LogP contribution in [0.25, 0.3) is 0 Å². The summed E-state index contributed by atoms with van der Waals surface area (Å²) in [6.07, 6.45) is 0. The van der Waals surface area contributed by atoms with Crippen molar-refractivity contribution in [3.8, 4) is 11.8 Å². The van der Waals surface area contributed by atoms with E-state index in [0.717, 1.165) is 10.7 Å². The summed E-state index contributed by atoms with van der Waals surface area (Å²) in [4.78, 5) is 0. The molecule has 2 N–H and O–H groups in total. The summed E-state index contributed by atoms with van der Waals surface area (Å²) in [6.45, 7) is 2.22. The highest BCUT2D eigenvalue weighted by Gasteiger charge is 2.07. The van der Waals surface area contributed by atoms with Gasteiger partial charge in [0.25, 0.3) is 0 Å². The summed E-state index contributed by atoms with van der Waals surface area (Å²) in [5, 5.41) is 5.29. The van der Waals surface area contributed by atoms with Gasteiger partial charge in [0.15, 0.2) is 0 Å². The lowest BCUT2D eigenvalue weighted by Crippen LogP contribution is -1.95. The maximum absolute atomic E-state index is 14.0. The van der Waals surface area contributed by atoms with Gasteiger partial charge in [-0.05, 0) is 30.7 Å². The van der Waals surface area contributed by atoms with Crippen molar-refractivity contribution in [2.24, 2.45) is 12.8 Å². The molecule has 0 aliphatic heterocycles. The zero-order chi connectivity index (χ0) is 14.5. The molecule has 0 radical (unpaired) electrons. The van der Waals surface area contributed by atoms with E-state index in [1.165, 1.54) is 6.07 Å². The number of rotatable bonds is 3. The van der Waals surface area contributed by atoms with Gasteiger partial charge in [0, 0.05) is 18.4 Å². The van der Waals surface area contributed by atoms with E-state index in [1.54, 1.807) is 22.5 Å². The molecular formula is C15H16FN3S. The Morgan fingerprint density at radius 2 is 2.20 bits per heavy atom. The Labute approximate surface area is 122 Å². The number of benzene rings is 1. The third kappa shape index (κ3) is 3.62. The van der Waals surface area contributed by atoms with Crippen LogP contribution in [-0.2, 0) is 12.8 Å². The van der Waals surface area contributed by atoms with Crippen molar-refractivity contribution < 1.29 is 4.39 Å². The number of nitrogens with two attached hydrogens (primary N) is 1. The zero-order valence-electron chi connectivity index (χ0n) is 11.5. The predicted molar refractivity (Wildman–Crippen MR) is 79.8 cm³/mol. The van der Waals surface area contributed by atoms with Crippen LogP contribution in [0, 0.1) is 24.6 Å². The van der Waals surface area contributed by atoms with Gasteiger partial charge in [0.2, 0.25) is 0 Å². The lowest BCUT2D eigenvalue weighted by Gasteiger charge is -2.04. The Kier molecular flexibility index (Phi) is 4.83. The number of nitrogens with zero attached hydrogens (tertiary/aromatic N) is 2. The summed E-state index contributed by atoms with van der Waals surface area (Å²) in [6, 6.07) is 7.03. The fraction of sp³-hybridized carbons (Fsp3) is 0.267. The minimum Gasteiger partial charge on any atom is -0.320 e. The van der Waals surface area contributed by atoms with Crippen LogP contribution in [0.3, 0.4) is 0 Å². The van der Waals surface area contributed by atoms with E-state index in [0.29, 0.717) is 16.9 Å². The van der Waals surface area contributed by atoms with Gasteiger partial charge < -0.3 is 5.73 Å². The fourth-order valence-corrected chi connectivity index (χ4v) is 2.79. The summed E-state index contributed by atoms with van der Waals surface area (Å²) in [5.74, 6) is 5.87. The first-order valence-corrected chi connectivity index (χ1v) is 7.19. The van der Waals surface area contributed by atoms with Crippen LogP contribution in [0.4, 0.5) is 4.39 Å². The SMILES string of the molecule is Cc1cc(SCc2ccc(C#CCN)cc2F)n(C)n1. The molecule has 0 amide bonds. The maximum Gasteiger partial charge on any atom is 0.128 e. The standard InChI is InChI=1S/C15H16FN3S/c1-11-8-15(19(2)18-11)20-10-13-6-5-12(4-3-7-17)9-14(13)16/h5-6,8-9H,7,10,17H2,1-2H3. The Morgan fingerprint density at radius 3 is 2.80 bits per heavy atom. The van der Waals surface area contributed by atoms with Gasteiger partial charge in [-0.3, -0.25) is 4.68 Å². The third-order valence-electron chi connectivity index (χ3n) is 2.72. The highest BCUT2D eigenvalue weighted by Crippen LogP contribution is 2.24. The van der Waals surface area contributed by atoms with E-state index >= 15 is 0 Å². The summed E-state index contributed by atoms with van der Waals surface area (Å²) in [7, 11) is 1.89. The molecule has 0 aliphatic carbocycles. The van der Waals surface area contributed by atoms with E-state index in [4.69, 9.17) is 5.73 Å². The molecule has 0 unspecified atom stereocenters. The van der Waals surface area contributed by atoms with E-state index < -0.39 is 0 Å². The second-order valence-corrected chi connectivity index (χ2v) is 5.34. The average Bonchev–Trinajstić information content (AvgIpc) is 2.73. The molecule has 0 atom stereocenters. The molecule has 0 bridgehead atoms. The summed E-state index contributed by atoms with van der Waals surface area (Å²) in [5.41, 5.74) is 7.57. The quantitative estimate of drug-likeness (QED) is 0.697. The monoisotopic (exact) mass is 289 g/mol.